The highest BCUT2D eigenvalue weighted by Crippen LogP contribution is 2.52. The van der Waals surface area contributed by atoms with Gasteiger partial charge in [-0.25, -0.2) is 4.39 Å². The zero-order valence-electron chi connectivity index (χ0n) is 11.6. The SMILES string of the molecule is CCNC1CC(c2ccc(SC)c(F)c2)C1(C)C. The summed E-state index contributed by atoms with van der Waals surface area (Å²) in [7, 11) is 0. The highest BCUT2D eigenvalue weighted by Gasteiger charge is 2.48. The van der Waals surface area contributed by atoms with Gasteiger partial charge in [-0.3, -0.25) is 0 Å². The summed E-state index contributed by atoms with van der Waals surface area (Å²) in [5.41, 5.74) is 1.35. The van der Waals surface area contributed by atoms with E-state index in [2.05, 4.69) is 32.2 Å². The van der Waals surface area contributed by atoms with Crippen LogP contribution in [0.15, 0.2) is 23.1 Å². The van der Waals surface area contributed by atoms with Gasteiger partial charge in [0.2, 0.25) is 0 Å². The van der Waals surface area contributed by atoms with Crippen LogP contribution in [0.5, 0.6) is 0 Å². The van der Waals surface area contributed by atoms with E-state index in [0.717, 1.165) is 23.4 Å². The second-order valence-corrected chi connectivity index (χ2v) is 6.46. The molecule has 1 N–H and O–H groups in total. The molecule has 0 saturated heterocycles. The summed E-state index contributed by atoms with van der Waals surface area (Å²) in [5.74, 6) is 0.384. The highest BCUT2D eigenvalue weighted by atomic mass is 32.2. The third-order valence-electron chi connectivity index (χ3n) is 4.30. The molecular formula is C15H22FNS. The quantitative estimate of drug-likeness (QED) is 0.826. The Labute approximate surface area is 114 Å². The molecule has 1 aromatic rings. The zero-order chi connectivity index (χ0) is 13.3. The van der Waals surface area contributed by atoms with Crippen molar-refractivity contribution in [3.8, 4) is 0 Å². The third-order valence-corrected chi connectivity index (χ3v) is 5.07. The Morgan fingerprint density at radius 2 is 2.17 bits per heavy atom. The fraction of sp³-hybridized carbons (Fsp3) is 0.600. The van der Waals surface area contributed by atoms with Gasteiger partial charge in [-0.15, -0.1) is 11.8 Å². The van der Waals surface area contributed by atoms with Gasteiger partial charge >= 0.3 is 0 Å². The van der Waals surface area contributed by atoms with Crippen molar-refractivity contribution in [2.75, 3.05) is 12.8 Å². The Hall–Kier alpha value is -0.540. The van der Waals surface area contributed by atoms with E-state index in [4.69, 9.17) is 0 Å². The van der Waals surface area contributed by atoms with Crippen LogP contribution in [-0.2, 0) is 0 Å². The Balaban J connectivity index is 2.17. The number of thioether (sulfide) groups is 1. The molecule has 2 rings (SSSR count). The van der Waals surface area contributed by atoms with Crippen LogP contribution >= 0.6 is 11.8 Å². The maximum Gasteiger partial charge on any atom is 0.137 e. The number of hydrogen-bond donors (Lipinski definition) is 1. The number of benzene rings is 1. The van der Waals surface area contributed by atoms with Gasteiger partial charge in [-0.05, 0) is 48.3 Å². The van der Waals surface area contributed by atoms with Crippen molar-refractivity contribution in [3.05, 3.63) is 29.6 Å². The molecule has 0 aliphatic heterocycles. The van der Waals surface area contributed by atoms with Crippen LogP contribution in [-0.4, -0.2) is 18.8 Å². The van der Waals surface area contributed by atoms with Crippen LogP contribution in [0.2, 0.25) is 0 Å². The van der Waals surface area contributed by atoms with Crippen LogP contribution in [0.1, 0.15) is 38.7 Å². The maximum atomic E-state index is 13.8. The van der Waals surface area contributed by atoms with Gasteiger partial charge < -0.3 is 5.32 Å². The molecule has 1 fully saturated rings. The lowest BCUT2D eigenvalue weighted by Crippen LogP contribution is -2.55. The first-order chi connectivity index (χ1) is 8.50. The standard InChI is InChI=1S/C15H22FNS/c1-5-17-14-9-11(15(14,2)3)10-6-7-13(18-4)12(16)8-10/h6-8,11,14,17H,5,9H2,1-4H3. The monoisotopic (exact) mass is 267 g/mol. The van der Waals surface area contributed by atoms with Gasteiger partial charge in [0.1, 0.15) is 5.82 Å². The predicted molar refractivity (Wildman–Crippen MR) is 76.8 cm³/mol. The lowest BCUT2D eigenvalue weighted by molar-refractivity contribution is 0.0704. The van der Waals surface area contributed by atoms with E-state index < -0.39 is 0 Å². The molecule has 3 heteroatoms. The van der Waals surface area contributed by atoms with Crippen molar-refractivity contribution in [1.29, 1.82) is 0 Å². The van der Waals surface area contributed by atoms with E-state index in [0.29, 0.717) is 12.0 Å². The van der Waals surface area contributed by atoms with Gasteiger partial charge in [-0.1, -0.05) is 26.8 Å². The number of rotatable bonds is 4. The minimum Gasteiger partial charge on any atom is -0.314 e. The third kappa shape index (κ3) is 2.30. The van der Waals surface area contributed by atoms with Crippen LogP contribution in [0.4, 0.5) is 4.39 Å². The molecule has 0 radical (unpaired) electrons. The second-order valence-electron chi connectivity index (χ2n) is 5.61. The molecule has 1 aromatic carbocycles. The minimum atomic E-state index is -0.0808. The summed E-state index contributed by atoms with van der Waals surface area (Å²) in [6.45, 7) is 7.68. The number of hydrogen-bond acceptors (Lipinski definition) is 2. The molecule has 100 valence electrons. The van der Waals surface area contributed by atoms with E-state index in [1.54, 1.807) is 6.07 Å². The fourth-order valence-corrected chi connectivity index (χ4v) is 3.44. The maximum absolute atomic E-state index is 13.8. The van der Waals surface area contributed by atoms with E-state index in [1.165, 1.54) is 11.8 Å². The summed E-state index contributed by atoms with van der Waals surface area (Å²) >= 11 is 1.46. The molecule has 1 nitrogen and oxygen atoms in total. The van der Waals surface area contributed by atoms with E-state index in [-0.39, 0.29) is 11.2 Å². The molecule has 0 spiro atoms. The van der Waals surface area contributed by atoms with Gasteiger partial charge in [0.25, 0.3) is 0 Å². The Bertz CT molecular complexity index is 431. The van der Waals surface area contributed by atoms with Crippen molar-refractivity contribution >= 4 is 11.8 Å². The molecule has 0 heterocycles. The van der Waals surface area contributed by atoms with Crippen LogP contribution in [0.25, 0.3) is 0 Å². The van der Waals surface area contributed by atoms with Crippen LogP contribution < -0.4 is 5.32 Å². The first kappa shape index (κ1) is 13.9. The first-order valence-corrected chi connectivity index (χ1v) is 7.80. The summed E-state index contributed by atoms with van der Waals surface area (Å²) in [6, 6.07) is 6.27. The van der Waals surface area contributed by atoms with Gasteiger partial charge in [0.15, 0.2) is 0 Å². The molecule has 0 aromatic heterocycles. The van der Waals surface area contributed by atoms with Crippen molar-refractivity contribution in [1.82, 2.24) is 5.32 Å². The van der Waals surface area contributed by atoms with Crippen molar-refractivity contribution in [2.24, 2.45) is 5.41 Å². The summed E-state index contributed by atoms with van der Waals surface area (Å²) in [4.78, 5) is 0.735. The Kier molecular flexibility index (Phi) is 4.02. The van der Waals surface area contributed by atoms with Crippen molar-refractivity contribution < 1.29 is 4.39 Å². The molecule has 1 aliphatic carbocycles. The Morgan fingerprint density at radius 1 is 1.44 bits per heavy atom. The first-order valence-electron chi connectivity index (χ1n) is 6.57. The lowest BCUT2D eigenvalue weighted by Gasteiger charge is -2.53. The second kappa shape index (κ2) is 5.22. The zero-order valence-corrected chi connectivity index (χ0v) is 12.4. The molecule has 0 bridgehead atoms. The fourth-order valence-electron chi connectivity index (χ4n) is 2.98. The molecule has 18 heavy (non-hydrogen) atoms. The summed E-state index contributed by atoms with van der Waals surface area (Å²) in [5, 5.41) is 3.51. The molecule has 2 atom stereocenters. The normalized spacial score (nSPS) is 25.8. The largest absolute Gasteiger partial charge is 0.314 e. The van der Waals surface area contributed by atoms with Gasteiger partial charge in [0.05, 0.1) is 0 Å². The van der Waals surface area contributed by atoms with Crippen LogP contribution in [0, 0.1) is 11.2 Å². The average molecular weight is 267 g/mol. The smallest absolute Gasteiger partial charge is 0.137 e. The van der Waals surface area contributed by atoms with E-state index >= 15 is 0 Å². The van der Waals surface area contributed by atoms with Crippen LogP contribution in [0.3, 0.4) is 0 Å². The molecule has 0 amide bonds. The topological polar surface area (TPSA) is 12.0 Å². The molecule has 2 unspecified atom stereocenters. The average Bonchev–Trinajstić information content (AvgIpc) is 2.34. The number of halogens is 1. The van der Waals surface area contributed by atoms with E-state index in [9.17, 15) is 4.39 Å². The molecule has 1 saturated carbocycles. The van der Waals surface area contributed by atoms with Gasteiger partial charge in [-0.2, -0.15) is 0 Å². The van der Waals surface area contributed by atoms with E-state index in [1.807, 2.05) is 12.3 Å². The molecule has 1 aliphatic rings. The number of nitrogens with one attached hydrogen (secondary N) is 1. The Morgan fingerprint density at radius 3 is 2.67 bits per heavy atom. The minimum absolute atomic E-state index is 0.0808. The highest BCUT2D eigenvalue weighted by molar-refractivity contribution is 7.98. The van der Waals surface area contributed by atoms with Gasteiger partial charge in [0, 0.05) is 10.9 Å². The molecular weight excluding hydrogens is 245 g/mol. The summed E-state index contributed by atoms with van der Waals surface area (Å²) in [6.07, 6.45) is 3.02. The summed E-state index contributed by atoms with van der Waals surface area (Å²) < 4.78 is 13.8. The predicted octanol–water partition coefficient (Wildman–Crippen LogP) is 4.04. The lowest BCUT2D eigenvalue weighted by atomic mass is 9.56. The van der Waals surface area contributed by atoms with Crippen molar-refractivity contribution in [2.45, 2.75) is 44.0 Å². The van der Waals surface area contributed by atoms with Crippen molar-refractivity contribution in [3.63, 3.8) is 0 Å².